The molecule has 0 unspecified atom stereocenters. The van der Waals surface area contributed by atoms with Gasteiger partial charge in [0, 0.05) is 36.5 Å². The van der Waals surface area contributed by atoms with E-state index in [-0.39, 0.29) is 18.3 Å². The highest BCUT2D eigenvalue weighted by atomic mass is 19.1. The molecule has 120 valence electrons. The minimum Gasteiger partial charge on any atom is -0.492 e. The fraction of sp³-hybridized carbons (Fsp3) is 0.368. The quantitative estimate of drug-likeness (QED) is 0.946. The van der Waals surface area contributed by atoms with Crippen LogP contribution in [0.3, 0.4) is 0 Å². The summed E-state index contributed by atoms with van der Waals surface area (Å²) in [5.41, 5.74) is 1.45. The van der Waals surface area contributed by atoms with Crippen LogP contribution in [-0.2, 0) is 6.54 Å². The molecule has 0 spiro atoms. The van der Waals surface area contributed by atoms with Crippen LogP contribution < -0.4 is 4.74 Å². The topological polar surface area (TPSA) is 32.7 Å². The first-order valence-electron chi connectivity index (χ1n) is 8.00. The van der Waals surface area contributed by atoms with Gasteiger partial charge in [0.25, 0.3) is 0 Å². The van der Waals surface area contributed by atoms with Crippen LogP contribution in [0.15, 0.2) is 48.5 Å². The molecule has 1 saturated heterocycles. The summed E-state index contributed by atoms with van der Waals surface area (Å²) in [7, 11) is 0. The molecule has 2 aliphatic rings. The molecule has 4 heteroatoms. The lowest BCUT2D eigenvalue weighted by Gasteiger charge is -2.38. The number of aliphatic hydroxyl groups is 1. The van der Waals surface area contributed by atoms with Gasteiger partial charge in [0.1, 0.15) is 11.6 Å². The van der Waals surface area contributed by atoms with E-state index >= 15 is 0 Å². The van der Waals surface area contributed by atoms with E-state index in [0.717, 1.165) is 19.6 Å². The van der Waals surface area contributed by atoms with Crippen LogP contribution in [0.4, 0.5) is 4.39 Å². The van der Waals surface area contributed by atoms with Crippen LogP contribution in [0.1, 0.15) is 17.0 Å². The second-order valence-electron chi connectivity index (χ2n) is 6.67. The molecule has 0 radical (unpaired) electrons. The maximum atomic E-state index is 14.4. The molecule has 0 aromatic heterocycles. The Morgan fingerprint density at radius 2 is 2.00 bits per heavy atom. The highest BCUT2D eigenvalue weighted by Gasteiger charge is 2.51. The minimum absolute atomic E-state index is 0.0106. The van der Waals surface area contributed by atoms with Crippen molar-refractivity contribution in [3.63, 3.8) is 0 Å². The monoisotopic (exact) mass is 313 g/mol. The van der Waals surface area contributed by atoms with E-state index in [9.17, 15) is 9.50 Å². The zero-order valence-corrected chi connectivity index (χ0v) is 12.9. The van der Waals surface area contributed by atoms with E-state index in [0.29, 0.717) is 17.9 Å². The van der Waals surface area contributed by atoms with E-state index in [1.165, 1.54) is 11.6 Å². The van der Waals surface area contributed by atoms with Gasteiger partial charge >= 0.3 is 0 Å². The Morgan fingerprint density at radius 3 is 2.78 bits per heavy atom. The second kappa shape index (κ2) is 5.62. The van der Waals surface area contributed by atoms with E-state index in [2.05, 4.69) is 17.0 Å². The van der Waals surface area contributed by atoms with Crippen molar-refractivity contribution in [3.05, 3.63) is 65.5 Å². The van der Waals surface area contributed by atoms with Crippen LogP contribution in [-0.4, -0.2) is 36.3 Å². The highest BCUT2D eigenvalue weighted by molar-refractivity contribution is 5.42. The summed E-state index contributed by atoms with van der Waals surface area (Å²) < 4.78 is 20.2. The number of likely N-dealkylation sites (tertiary alicyclic amines) is 1. The molecule has 4 rings (SSSR count). The summed E-state index contributed by atoms with van der Waals surface area (Å²) in [6, 6.07) is 15.2. The summed E-state index contributed by atoms with van der Waals surface area (Å²) in [5.74, 6) is 0.369. The van der Waals surface area contributed by atoms with Crippen molar-refractivity contribution < 1.29 is 14.2 Å². The molecule has 2 heterocycles. The number of halogens is 1. The van der Waals surface area contributed by atoms with Gasteiger partial charge in [-0.3, -0.25) is 4.90 Å². The predicted molar refractivity (Wildman–Crippen MR) is 85.9 cm³/mol. The number of fused-ring (bicyclic) bond motifs is 3. The average molecular weight is 313 g/mol. The maximum Gasteiger partial charge on any atom is 0.130 e. The Balaban J connectivity index is 1.65. The third-order valence-corrected chi connectivity index (χ3v) is 5.16. The Bertz CT molecular complexity index is 706. The average Bonchev–Trinajstić information content (AvgIpc) is 2.94. The molecule has 0 amide bonds. The first kappa shape index (κ1) is 14.7. The van der Waals surface area contributed by atoms with Crippen molar-refractivity contribution in [1.29, 1.82) is 0 Å². The standard InChI is InChI=1S/C19H20FNO2/c20-16-7-4-8-17-18(16)15-10-21(9-14-5-2-1-3-6-14)11-19(15,12-22)13-23-17/h1-8,15,22H,9-13H2/t15-,19-/m0/s1. The van der Waals surface area contributed by atoms with Gasteiger partial charge in [0.2, 0.25) is 0 Å². The van der Waals surface area contributed by atoms with E-state index in [4.69, 9.17) is 4.74 Å². The number of benzene rings is 2. The summed E-state index contributed by atoms with van der Waals surface area (Å²) in [6.45, 7) is 2.72. The molecule has 3 nitrogen and oxygen atoms in total. The number of hydrogen-bond acceptors (Lipinski definition) is 3. The normalized spacial score (nSPS) is 26.4. The molecule has 2 aromatic carbocycles. The van der Waals surface area contributed by atoms with Gasteiger partial charge in [0.05, 0.1) is 13.2 Å². The third-order valence-electron chi connectivity index (χ3n) is 5.16. The Hall–Kier alpha value is -1.91. The molecule has 23 heavy (non-hydrogen) atoms. The Kier molecular flexibility index (Phi) is 3.58. The minimum atomic E-state index is -0.413. The van der Waals surface area contributed by atoms with Gasteiger partial charge in [-0.2, -0.15) is 0 Å². The van der Waals surface area contributed by atoms with Crippen LogP contribution in [0.5, 0.6) is 5.75 Å². The predicted octanol–water partition coefficient (Wildman–Crippen LogP) is 2.80. The molecule has 2 atom stereocenters. The number of rotatable bonds is 3. The van der Waals surface area contributed by atoms with E-state index in [1.807, 2.05) is 24.3 Å². The van der Waals surface area contributed by atoms with E-state index < -0.39 is 5.41 Å². The van der Waals surface area contributed by atoms with Crippen molar-refractivity contribution in [2.75, 3.05) is 26.3 Å². The Labute approximate surface area is 135 Å². The van der Waals surface area contributed by atoms with Crippen LogP contribution in [0.2, 0.25) is 0 Å². The number of nitrogens with zero attached hydrogens (tertiary/aromatic N) is 1. The van der Waals surface area contributed by atoms with Gasteiger partial charge < -0.3 is 9.84 Å². The zero-order valence-electron chi connectivity index (χ0n) is 12.9. The van der Waals surface area contributed by atoms with Crippen LogP contribution in [0.25, 0.3) is 0 Å². The van der Waals surface area contributed by atoms with Crippen molar-refractivity contribution in [2.45, 2.75) is 12.5 Å². The molecule has 2 aromatic rings. The number of hydrogen-bond donors (Lipinski definition) is 1. The highest BCUT2D eigenvalue weighted by Crippen LogP contribution is 2.50. The SMILES string of the molecule is OC[C@@]12COc3cccc(F)c3[C@@H]1CN(Cc1ccccc1)C2. The lowest BCUT2D eigenvalue weighted by Crippen LogP contribution is -2.42. The number of ether oxygens (including phenoxy) is 1. The maximum absolute atomic E-state index is 14.4. The summed E-state index contributed by atoms with van der Waals surface area (Å²) >= 11 is 0. The van der Waals surface area contributed by atoms with Gasteiger partial charge in [-0.05, 0) is 17.7 Å². The van der Waals surface area contributed by atoms with Crippen molar-refractivity contribution >= 4 is 0 Å². The lowest BCUT2D eigenvalue weighted by molar-refractivity contribution is 0.0443. The van der Waals surface area contributed by atoms with Crippen LogP contribution in [0, 0.1) is 11.2 Å². The molecule has 1 fully saturated rings. The first-order valence-corrected chi connectivity index (χ1v) is 8.00. The summed E-state index contributed by atoms with van der Waals surface area (Å²) in [5, 5.41) is 10.0. The van der Waals surface area contributed by atoms with Crippen molar-refractivity contribution in [1.82, 2.24) is 4.90 Å². The third kappa shape index (κ3) is 2.42. The second-order valence-corrected chi connectivity index (χ2v) is 6.67. The van der Waals surface area contributed by atoms with Gasteiger partial charge in [-0.25, -0.2) is 4.39 Å². The summed E-state index contributed by atoms with van der Waals surface area (Å²) in [4.78, 5) is 2.29. The van der Waals surface area contributed by atoms with Crippen molar-refractivity contribution in [3.8, 4) is 5.75 Å². The summed E-state index contributed by atoms with van der Waals surface area (Å²) in [6.07, 6.45) is 0. The van der Waals surface area contributed by atoms with E-state index in [1.54, 1.807) is 6.07 Å². The van der Waals surface area contributed by atoms with Gasteiger partial charge in [-0.15, -0.1) is 0 Å². The zero-order chi connectivity index (χ0) is 15.9. The largest absolute Gasteiger partial charge is 0.492 e. The Morgan fingerprint density at radius 1 is 1.17 bits per heavy atom. The fourth-order valence-corrected chi connectivity index (χ4v) is 3.99. The smallest absolute Gasteiger partial charge is 0.130 e. The molecule has 0 aliphatic carbocycles. The van der Waals surface area contributed by atoms with Gasteiger partial charge in [-0.1, -0.05) is 36.4 Å². The molecular weight excluding hydrogens is 293 g/mol. The lowest BCUT2D eigenvalue weighted by atomic mass is 9.73. The van der Waals surface area contributed by atoms with Crippen LogP contribution >= 0.6 is 0 Å². The first-order chi connectivity index (χ1) is 11.2. The fourth-order valence-electron chi connectivity index (χ4n) is 3.99. The van der Waals surface area contributed by atoms with Crippen molar-refractivity contribution in [2.24, 2.45) is 5.41 Å². The molecule has 0 bridgehead atoms. The number of aliphatic hydroxyl groups excluding tert-OH is 1. The molecular formula is C19H20FNO2. The van der Waals surface area contributed by atoms with Gasteiger partial charge in [0.15, 0.2) is 0 Å². The molecule has 2 aliphatic heterocycles. The molecule has 1 N–H and O–H groups in total. The molecule has 0 saturated carbocycles.